The van der Waals surface area contributed by atoms with Crippen LogP contribution < -0.4 is 0 Å². The first-order valence-electron chi connectivity index (χ1n) is 7.82. The summed E-state index contributed by atoms with van der Waals surface area (Å²) in [5.41, 5.74) is 2.74. The molecule has 0 spiro atoms. The number of pyridine rings is 1. The Morgan fingerprint density at radius 3 is 2.84 bits per heavy atom. The molecule has 0 fully saturated rings. The van der Waals surface area contributed by atoms with Gasteiger partial charge in [-0.2, -0.15) is 5.10 Å². The summed E-state index contributed by atoms with van der Waals surface area (Å²) in [7, 11) is 0. The zero-order valence-electron chi connectivity index (χ0n) is 13.4. The van der Waals surface area contributed by atoms with Gasteiger partial charge in [0.2, 0.25) is 0 Å². The van der Waals surface area contributed by atoms with Crippen molar-refractivity contribution in [1.29, 1.82) is 0 Å². The lowest BCUT2D eigenvalue weighted by atomic mass is 10.2. The normalized spacial score (nSPS) is 11.3. The first kappa shape index (κ1) is 15.7. The van der Waals surface area contributed by atoms with Gasteiger partial charge in [-0.15, -0.1) is 0 Å². The molecule has 4 heterocycles. The lowest BCUT2D eigenvalue weighted by molar-refractivity contribution is 0.621. The molecule has 0 aliphatic heterocycles. The zero-order chi connectivity index (χ0) is 17.4. The van der Waals surface area contributed by atoms with Crippen molar-refractivity contribution in [2.24, 2.45) is 0 Å². The summed E-state index contributed by atoms with van der Waals surface area (Å²) in [5, 5.41) is 4.72. The van der Waals surface area contributed by atoms with Crippen molar-refractivity contribution in [2.75, 3.05) is 0 Å². The molecule has 8 heteroatoms. The number of hydrogen-bond acceptors (Lipinski definition) is 4. The minimum absolute atomic E-state index is 0.218. The van der Waals surface area contributed by atoms with E-state index in [1.165, 1.54) is 6.07 Å². The van der Waals surface area contributed by atoms with Crippen molar-refractivity contribution >= 4 is 17.2 Å². The van der Waals surface area contributed by atoms with E-state index in [1.807, 2.05) is 17.6 Å². The lowest BCUT2D eigenvalue weighted by Crippen LogP contribution is -2.06. The number of aromatic nitrogens is 6. The number of aryl methyl sites for hydroxylation is 1. The van der Waals surface area contributed by atoms with Crippen molar-refractivity contribution in [2.45, 2.75) is 19.9 Å². The van der Waals surface area contributed by atoms with Crippen LogP contribution in [0.15, 0.2) is 42.9 Å². The predicted molar refractivity (Wildman–Crippen MR) is 91.9 cm³/mol. The third kappa shape index (κ3) is 2.76. The molecule has 0 bridgehead atoms. The Bertz CT molecular complexity index is 1050. The van der Waals surface area contributed by atoms with Gasteiger partial charge in [0.1, 0.15) is 10.8 Å². The van der Waals surface area contributed by atoms with Crippen molar-refractivity contribution in [1.82, 2.24) is 29.1 Å². The van der Waals surface area contributed by atoms with Crippen LogP contribution in [-0.4, -0.2) is 29.1 Å². The number of fused-ring (bicyclic) bond motifs is 1. The topological polar surface area (TPSA) is 60.9 Å². The molecule has 0 amide bonds. The molecule has 126 valence electrons. The Morgan fingerprint density at radius 2 is 2.04 bits per heavy atom. The van der Waals surface area contributed by atoms with Gasteiger partial charge in [-0.1, -0.05) is 18.5 Å². The average molecular weight is 357 g/mol. The maximum Gasteiger partial charge on any atom is 0.162 e. The van der Waals surface area contributed by atoms with E-state index in [4.69, 9.17) is 11.6 Å². The monoisotopic (exact) mass is 356 g/mol. The average Bonchev–Trinajstić information content (AvgIpc) is 3.19. The van der Waals surface area contributed by atoms with Gasteiger partial charge in [-0.05, 0) is 30.7 Å². The number of hydrogen-bond donors (Lipinski definition) is 0. The fourth-order valence-electron chi connectivity index (χ4n) is 2.85. The second kappa shape index (κ2) is 6.25. The molecular formula is C17H14ClFN6. The smallest absolute Gasteiger partial charge is 0.162 e. The molecule has 0 aliphatic rings. The van der Waals surface area contributed by atoms with Crippen molar-refractivity contribution in [3.8, 4) is 11.5 Å². The minimum Gasteiger partial charge on any atom is -0.324 e. The number of nitrogens with zero attached hydrogens (tertiary/aromatic N) is 6. The van der Waals surface area contributed by atoms with Gasteiger partial charge in [-0.25, -0.2) is 23.9 Å². The van der Waals surface area contributed by atoms with E-state index in [1.54, 1.807) is 35.2 Å². The van der Waals surface area contributed by atoms with E-state index in [0.717, 1.165) is 23.5 Å². The van der Waals surface area contributed by atoms with E-state index in [-0.39, 0.29) is 5.69 Å². The molecule has 0 N–H and O–H groups in total. The quantitative estimate of drug-likeness (QED) is 0.562. The molecule has 0 radical (unpaired) electrons. The summed E-state index contributed by atoms with van der Waals surface area (Å²) < 4.78 is 17.6. The highest BCUT2D eigenvalue weighted by molar-refractivity contribution is 6.29. The zero-order valence-corrected chi connectivity index (χ0v) is 14.2. The van der Waals surface area contributed by atoms with Gasteiger partial charge in [-0.3, -0.25) is 0 Å². The van der Waals surface area contributed by atoms with Crippen molar-refractivity contribution in [3.05, 3.63) is 65.2 Å². The summed E-state index contributed by atoms with van der Waals surface area (Å²) in [6.07, 6.45) is 5.70. The second-order valence-corrected chi connectivity index (χ2v) is 5.88. The van der Waals surface area contributed by atoms with Crippen molar-refractivity contribution < 1.29 is 4.39 Å². The fourth-order valence-corrected chi connectivity index (χ4v) is 2.99. The predicted octanol–water partition coefficient (Wildman–Crippen LogP) is 3.39. The molecule has 0 aliphatic carbocycles. The Hall–Kier alpha value is -2.80. The first-order valence-corrected chi connectivity index (χ1v) is 8.20. The highest BCUT2D eigenvalue weighted by Gasteiger charge is 2.17. The fraction of sp³-hybridized carbons (Fsp3) is 0.176. The van der Waals surface area contributed by atoms with E-state index in [9.17, 15) is 4.39 Å². The number of rotatable bonds is 4. The number of imidazole rings is 2. The van der Waals surface area contributed by atoms with Gasteiger partial charge in [0.15, 0.2) is 17.3 Å². The maximum atomic E-state index is 14.1. The molecular weight excluding hydrogens is 343 g/mol. The standard InChI is InChI=1S/C17H14ClFN6/c1-2-13-12(22-15-6-5-14(18)23-25(13)15)10-24-9-8-21-17(24)16-11(19)4-3-7-20-16/h3-9H,2,10H2,1H3. The van der Waals surface area contributed by atoms with Gasteiger partial charge >= 0.3 is 0 Å². The molecule has 0 atom stereocenters. The maximum absolute atomic E-state index is 14.1. The molecule has 4 aromatic rings. The molecule has 6 nitrogen and oxygen atoms in total. The van der Waals surface area contributed by atoms with E-state index in [2.05, 4.69) is 20.1 Å². The molecule has 25 heavy (non-hydrogen) atoms. The van der Waals surface area contributed by atoms with Crippen molar-refractivity contribution in [3.63, 3.8) is 0 Å². The van der Waals surface area contributed by atoms with Crippen LogP contribution in [0.4, 0.5) is 4.39 Å². The van der Waals surface area contributed by atoms with Crippen LogP contribution in [0.5, 0.6) is 0 Å². The Kier molecular flexibility index (Phi) is 3.93. The third-order valence-corrected chi connectivity index (χ3v) is 4.16. The van der Waals surface area contributed by atoms with E-state index >= 15 is 0 Å². The SMILES string of the molecule is CCc1c(Cn2ccnc2-c2ncccc2F)nc2ccc(Cl)nn12. The van der Waals surface area contributed by atoms with Gasteiger partial charge in [0.05, 0.1) is 17.9 Å². The van der Waals surface area contributed by atoms with Crippen LogP contribution in [0.3, 0.4) is 0 Å². The van der Waals surface area contributed by atoms with E-state index in [0.29, 0.717) is 17.5 Å². The van der Waals surface area contributed by atoms with Crippen LogP contribution in [-0.2, 0) is 13.0 Å². The van der Waals surface area contributed by atoms with E-state index < -0.39 is 5.82 Å². The third-order valence-electron chi connectivity index (χ3n) is 3.96. The highest BCUT2D eigenvalue weighted by atomic mass is 35.5. The second-order valence-electron chi connectivity index (χ2n) is 5.50. The van der Waals surface area contributed by atoms with Crippen LogP contribution in [0.25, 0.3) is 17.2 Å². The molecule has 4 aromatic heterocycles. The summed E-state index contributed by atoms with van der Waals surface area (Å²) in [6.45, 7) is 2.47. The lowest BCUT2D eigenvalue weighted by Gasteiger charge is -2.07. The van der Waals surface area contributed by atoms with Crippen LogP contribution in [0.2, 0.25) is 5.15 Å². The summed E-state index contributed by atoms with van der Waals surface area (Å²) in [6, 6.07) is 6.46. The largest absolute Gasteiger partial charge is 0.324 e. The van der Waals surface area contributed by atoms with Gasteiger partial charge < -0.3 is 4.57 Å². The summed E-state index contributed by atoms with van der Waals surface area (Å²) in [5.74, 6) is 0.0531. The van der Waals surface area contributed by atoms with Crippen LogP contribution in [0.1, 0.15) is 18.3 Å². The first-order chi connectivity index (χ1) is 12.2. The van der Waals surface area contributed by atoms with Crippen LogP contribution in [0, 0.1) is 5.82 Å². The Morgan fingerprint density at radius 1 is 1.16 bits per heavy atom. The van der Waals surface area contributed by atoms with Gasteiger partial charge in [0, 0.05) is 18.6 Å². The summed E-state index contributed by atoms with van der Waals surface area (Å²) >= 11 is 6.00. The molecule has 0 aromatic carbocycles. The van der Waals surface area contributed by atoms with Gasteiger partial charge in [0.25, 0.3) is 0 Å². The molecule has 4 rings (SSSR count). The molecule has 0 saturated heterocycles. The molecule has 0 saturated carbocycles. The Labute approximate surface area is 147 Å². The molecule has 0 unspecified atom stereocenters. The Balaban J connectivity index is 1.79. The highest BCUT2D eigenvalue weighted by Crippen LogP contribution is 2.21. The minimum atomic E-state index is -0.408. The number of halogens is 2. The summed E-state index contributed by atoms with van der Waals surface area (Å²) in [4.78, 5) is 13.0. The van der Waals surface area contributed by atoms with Crippen LogP contribution >= 0.6 is 11.6 Å².